The quantitative estimate of drug-likeness (QED) is 0.847. The smallest absolute Gasteiger partial charge is 0.224 e. The summed E-state index contributed by atoms with van der Waals surface area (Å²) in [5.41, 5.74) is 0. The molecule has 2 N–H and O–H groups in total. The Bertz CT molecular complexity index is 364. The van der Waals surface area contributed by atoms with Gasteiger partial charge >= 0.3 is 0 Å². The molecule has 1 fully saturated rings. The summed E-state index contributed by atoms with van der Waals surface area (Å²) in [7, 11) is 0. The van der Waals surface area contributed by atoms with Crippen molar-refractivity contribution in [2.45, 2.75) is 45.1 Å². The van der Waals surface area contributed by atoms with Crippen molar-refractivity contribution >= 4 is 11.8 Å². The first-order chi connectivity index (χ1) is 8.29. The van der Waals surface area contributed by atoms with Crippen LogP contribution in [0.3, 0.4) is 0 Å². The number of nitrogens with one attached hydrogen (secondary N) is 2. The van der Waals surface area contributed by atoms with Gasteiger partial charge in [-0.05, 0) is 19.8 Å². The molecule has 0 amide bonds. The Labute approximate surface area is 101 Å². The maximum atomic E-state index is 13.5. The van der Waals surface area contributed by atoms with E-state index in [1.54, 1.807) is 0 Å². The molecule has 1 aromatic rings. The number of rotatable bonds is 4. The molecule has 17 heavy (non-hydrogen) atoms. The number of hydrogen-bond donors (Lipinski definition) is 2. The monoisotopic (exact) mass is 238 g/mol. The molecule has 1 heterocycles. The number of nitrogens with zero attached hydrogens (tertiary/aromatic N) is 2. The van der Waals surface area contributed by atoms with Gasteiger partial charge in [0.05, 0.1) is 6.20 Å². The van der Waals surface area contributed by atoms with E-state index in [1.165, 1.54) is 25.5 Å². The van der Waals surface area contributed by atoms with E-state index in [9.17, 15) is 4.39 Å². The van der Waals surface area contributed by atoms with E-state index >= 15 is 0 Å². The lowest BCUT2D eigenvalue weighted by Crippen LogP contribution is -2.23. The van der Waals surface area contributed by atoms with Crippen LogP contribution in [0.2, 0.25) is 0 Å². The van der Waals surface area contributed by atoms with Crippen LogP contribution in [-0.4, -0.2) is 22.6 Å². The summed E-state index contributed by atoms with van der Waals surface area (Å²) >= 11 is 0. The van der Waals surface area contributed by atoms with E-state index in [-0.39, 0.29) is 5.82 Å². The topological polar surface area (TPSA) is 49.8 Å². The summed E-state index contributed by atoms with van der Waals surface area (Å²) in [6.07, 6.45) is 7.12. The highest BCUT2D eigenvalue weighted by Gasteiger charge is 2.16. The minimum Gasteiger partial charge on any atom is -0.365 e. The molecule has 0 radical (unpaired) electrons. The second-order valence-corrected chi connectivity index (χ2v) is 4.40. The van der Waals surface area contributed by atoms with Crippen LogP contribution < -0.4 is 10.6 Å². The molecule has 0 spiro atoms. The Hall–Kier alpha value is -1.39. The van der Waals surface area contributed by atoms with E-state index in [2.05, 4.69) is 20.6 Å². The minimum atomic E-state index is -0.378. The fourth-order valence-corrected chi connectivity index (χ4v) is 2.15. The maximum Gasteiger partial charge on any atom is 0.224 e. The minimum absolute atomic E-state index is 0.322. The molecule has 1 saturated carbocycles. The number of anilines is 2. The van der Waals surface area contributed by atoms with Gasteiger partial charge in [0.15, 0.2) is 11.6 Å². The summed E-state index contributed by atoms with van der Waals surface area (Å²) in [5.74, 6) is 0.423. The molecule has 0 aromatic carbocycles. The van der Waals surface area contributed by atoms with Gasteiger partial charge in [-0.1, -0.05) is 19.3 Å². The van der Waals surface area contributed by atoms with Gasteiger partial charge in [0.2, 0.25) is 5.95 Å². The van der Waals surface area contributed by atoms with E-state index in [0.717, 1.165) is 19.4 Å². The van der Waals surface area contributed by atoms with Crippen LogP contribution in [0.25, 0.3) is 0 Å². The van der Waals surface area contributed by atoms with E-state index < -0.39 is 0 Å². The molecular formula is C12H19FN4. The van der Waals surface area contributed by atoms with Crippen molar-refractivity contribution in [3.8, 4) is 0 Å². The molecule has 1 aliphatic rings. The van der Waals surface area contributed by atoms with Gasteiger partial charge in [-0.15, -0.1) is 0 Å². The molecule has 0 aliphatic heterocycles. The van der Waals surface area contributed by atoms with Gasteiger partial charge in [0.1, 0.15) is 0 Å². The van der Waals surface area contributed by atoms with Crippen molar-refractivity contribution in [3.63, 3.8) is 0 Å². The SMILES string of the molecule is CCNc1ncc(F)c(NC2CCCCC2)n1. The summed E-state index contributed by atoms with van der Waals surface area (Å²) in [6, 6.07) is 0.350. The predicted octanol–water partition coefficient (Wildman–Crippen LogP) is 2.79. The molecule has 0 bridgehead atoms. The summed E-state index contributed by atoms with van der Waals surface area (Å²) < 4.78 is 13.5. The number of hydrogen-bond acceptors (Lipinski definition) is 4. The fraction of sp³-hybridized carbons (Fsp3) is 0.667. The van der Waals surface area contributed by atoms with E-state index in [4.69, 9.17) is 0 Å². The Morgan fingerprint density at radius 1 is 1.35 bits per heavy atom. The van der Waals surface area contributed by atoms with Gasteiger partial charge < -0.3 is 10.6 Å². The van der Waals surface area contributed by atoms with Crippen molar-refractivity contribution in [1.29, 1.82) is 0 Å². The first-order valence-electron chi connectivity index (χ1n) is 6.32. The molecule has 1 aromatic heterocycles. The Kier molecular flexibility index (Phi) is 4.12. The fourth-order valence-electron chi connectivity index (χ4n) is 2.15. The lowest BCUT2D eigenvalue weighted by molar-refractivity contribution is 0.459. The molecule has 0 unspecified atom stereocenters. The lowest BCUT2D eigenvalue weighted by atomic mass is 9.95. The third-order valence-corrected chi connectivity index (χ3v) is 3.03. The van der Waals surface area contributed by atoms with Gasteiger partial charge in [-0.3, -0.25) is 0 Å². The van der Waals surface area contributed by atoms with Crippen molar-refractivity contribution < 1.29 is 4.39 Å². The average molecular weight is 238 g/mol. The first kappa shape index (κ1) is 12.1. The highest BCUT2D eigenvalue weighted by molar-refractivity contribution is 5.41. The Morgan fingerprint density at radius 2 is 2.12 bits per heavy atom. The Morgan fingerprint density at radius 3 is 2.82 bits per heavy atom. The molecule has 1 aliphatic carbocycles. The summed E-state index contributed by atoms with van der Waals surface area (Å²) in [5, 5.41) is 6.17. The third-order valence-electron chi connectivity index (χ3n) is 3.03. The van der Waals surface area contributed by atoms with Crippen LogP contribution in [0.1, 0.15) is 39.0 Å². The number of halogens is 1. The molecule has 4 nitrogen and oxygen atoms in total. The second kappa shape index (κ2) is 5.80. The molecule has 5 heteroatoms. The summed E-state index contributed by atoms with van der Waals surface area (Å²) in [4.78, 5) is 8.03. The van der Waals surface area contributed by atoms with Crippen molar-refractivity contribution in [2.75, 3.05) is 17.2 Å². The molecule has 0 saturated heterocycles. The van der Waals surface area contributed by atoms with Gasteiger partial charge in [-0.25, -0.2) is 9.37 Å². The summed E-state index contributed by atoms with van der Waals surface area (Å²) in [6.45, 7) is 2.69. The highest BCUT2D eigenvalue weighted by atomic mass is 19.1. The van der Waals surface area contributed by atoms with Crippen LogP contribution in [0.5, 0.6) is 0 Å². The zero-order chi connectivity index (χ0) is 12.1. The van der Waals surface area contributed by atoms with Crippen molar-refractivity contribution in [3.05, 3.63) is 12.0 Å². The van der Waals surface area contributed by atoms with Crippen LogP contribution >= 0.6 is 0 Å². The third kappa shape index (κ3) is 3.28. The second-order valence-electron chi connectivity index (χ2n) is 4.40. The van der Waals surface area contributed by atoms with E-state index in [1.807, 2.05) is 6.92 Å². The predicted molar refractivity (Wildman–Crippen MR) is 66.6 cm³/mol. The average Bonchev–Trinajstić information content (AvgIpc) is 2.35. The molecule has 0 atom stereocenters. The van der Waals surface area contributed by atoms with Gasteiger partial charge in [0.25, 0.3) is 0 Å². The van der Waals surface area contributed by atoms with Crippen molar-refractivity contribution in [2.24, 2.45) is 0 Å². The zero-order valence-corrected chi connectivity index (χ0v) is 10.2. The first-order valence-corrected chi connectivity index (χ1v) is 6.32. The van der Waals surface area contributed by atoms with Gasteiger partial charge in [-0.2, -0.15) is 4.98 Å². The maximum absolute atomic E-state index is 13.5. The van der Waals surface area contributed by atoms with Crippen LogP contribution in [-0.2, 0) is 0 Å². The normalized spacial score (nSPS) is 16.8. The number of aromatic nitrogens is 2. The Balaban J connectivity index is 2.04. The van der Waals surface area contributed by atoms with E-state index in [0.29, 0.717) is 17.8 Å². The van der Waals surface area contributed by atoms with Crippen LogP contribution in [0.4, 0.5) is 16.2 Å². The zero-order valence-electron chi connectivity index (χ0n) is 10.2. The standard InChI is InChI=1S/C12H19FN4/c1-2-14-12-15-8-10(13)11(17-12)16-9-6-4-3-5-7-9/h8-9H,2-7H2,1H3,(H2,14,15,16,17). The van der Waals surface area contributed by atoms with Crippen molar-refractivity contribution in [1.82, 2.24) is 9.97 Å². The highest BCUT2D eigenvalue weighted by Crippen LogP contribution is 2.22. The molecule has 2 rings (SSSR count). The largest absolute Gasteiger partial charge is 0.365 e. The molecular weight excluding hydrogens is 219 g/mol. The lowest BCUT2D eigenvalue weighted by Gasteiger charge is -2.23. The van der Waals surface area contributed by atoms with Crippen LogP contribution in [0.15, 0.2) is 6.20 Å². The molecule has 94 valence electrons. The van der Waals surface area contributed by atoms with Crippen LogP contribution in [0, 0.1) is 5.82 Å². The van der Waals surface area contributed by atoms with Gasteiger partial charge in [0, 0.05) is 12.6 Å².